The number of rotatable bonds is 4. The van der Waals surface area contributed by atoms with Crippen LogP contribution in [0.25, 0.3) is 0 Å². The average molecular weight is 186 g/mol. The Bertz CT molecular complexity index is 142. The number of aliphatic hydroxyl groups excluding tert-OH is 1. The Morgan fingerprint density at radius 3 is 2.77 bits per heavy atom. The van der Waals surface area contributed by atoms with E-state index in [0.717, 1.165) is 13.1 Å². The van der Waals surface area contributed by atoms with E-state index in [1.807, 2.05) is 0 Å². The van der Waals surface area contributed by atoms with Crippen molar-refractivity contribution in [2.24, 2.45) is 5.92 Å². The summed E-state index contributed by atoms with van der Waals surface area (Å²) in [6, 6.07) is 1.32. The summed E-state index contributed by atoms with van der Waals surface area (Å²) in [7, 11) is 2.17. The number of nitrogens with zero attached hydrogens (tertiary/aromatic N) is 1. The fraction of sp³-hybridized carbons (Fsp3) is 1.00. The molecule has 78 valence electrons. The van der Waals surface area contributed by atoms with Gasteiger partial charge in [0.1, 0.15) is 0 Å². The smallest absolute Gasteiger partial charge is 0.0468 e. The normalized spacial score (nSPS) is 32.3. The fourth-order valence-electron chi connectivity index (χ4n) is 1.77. The van der Waals surface area contributed by atoms with Crippen LogP contribution in [-0.4, -0.2) is 48.8 Å². The van der Waals surface area contributed by atoms with E-state index in [0.29, 0.717) is 18.0 Å². The molecule has 1 aliphatic heterocycles. The van der Waals surface area contributed by atoms with Gasteiger partial charge in [0.2, 0.25) is 0 Å². The van der Waals surface area contributed by atoms with Crippen LogP contribution < -0.4 is 5.32 Å². The van der Waals surface area contributed by atoms with Crippen LogP contribution in [0, 0.1) is 5.92 Å². The standard InChI is InChI=1S/C10H22N2O/c1-8(7-13)5-11-10-4-9(2)12(3)6-10/h8-11,13H,4-7H2,1-3H3. The van der Waals surface area contributed by atoms with E-state index in [-0.39, 0.29) is 6.61 Å². The van der Waals surface area contributed by atoms with Crippen molar-refractivity contribution < 1.29 is 5.11 Å². The Morgan fingerprint density at radius 2 is 2.31 bits per heavy atom. The molecule has 0 aliphatic carbocycles. The third kappa shape index (κ3) is 3.25. The molecule has 1 heterocycles. The summed E-state index contributed by atoms with van der Waals surface area (Å²) in [4.78, 5) is 2.38. The zero-order chi connectivity index (χ0) is 9.84. The first-order chi connectivity index (χ1) is 6.13. The summed E-state index contributed by atoms with van der Waals surface area (Å²) < 4.78 is 0. The molecule has 0 spiro atoms. The molecule has 2 N–H and O–H groups in total. The lowest BCUT2D eigenvalue weighted by Crippen LogP contribution is -2.35. The van der Waals surface area contributed by atoms with Gasteiger partial charge >= 0.3 is 0 Å². The molecule has 0 aromatic heterocycles. The molecule has 0 amide bonds. The van der Waals surface area contributed by atoms with Gasteiger partial charge in [-0.1, -0.05) is 6.92 Å². The summed E-state index contributed by atoms with van der Waals surface area (Å²) in [5, 5.41) is 12.4. The van der Waals surface area contributed by atoms with Crippen molar-refractivity contribution in [2.45, 2.75) is 32.4 Å². The van der Waals surface area contributed by atoms with E-state index in [1.165, 1.54) is 6.42 Å². The van der Waals surface area contributed by atoms with Gasteiger partial charge in [0.15, 0.2) is 0 Å². The van der Waals surface area contributed by atoms with Gasteiger partial charge in [0, 0.05) is 31.8 Å². The van der Waals surface area contributed by atoms with E-state index in [4.69, 9.17) is 5.11 Å². The number of hydrogen-bond donors (Lipinski definition) is 2. The van der Waals surface area contributed by atoms with Gasteiger partial charge in [0.25, 0.3) is 0 Å². The van der Waals surface area contributed by atoms with Gasteiger partial charge in [-0.15, -0.1) is 0 Å². The van der Waals surface area contributed by atoms with Crippen LogP contribution in [0.3, 0.4) is 0 Å². The van der Waals surface area contributed by atoms with Crippen molar-refractivity contribution in [2.75, 3.05) is 26.7 Å². The quantitative estimate of drug-likeness (QED) is 0.663. The zero-order valence-electron chi connectivity index (χ0n) is 8.95. The van der Waals surface area contributed by atoms with E-state index in [2.05, 4.69) is 31.1 Å². The van der Waals surface area contributed by atoms with Crippen molar-refractivity contribution in [3.8, 4) is 0 Å². The van der Waals surface area contributed by atoms with Gasteiger partial charge in [0.05, 0.1) is 0 Å². The van der Waals surface area contributed by atoms with E-state index in [9.17, 15) is 0 Å². The highest BCUT2D eigenvalue weighted by atomic mass is 16.3. The van der Waals surface area contributed by atoms with Gasteiger partial charge in [-0.25, -0.2) is 0 Å². The molecule has 0 aromatic carbocycles. The van der Waals surface area contributed by atoms with Crippen LogP contribution in [0.15, 0.2) is 0 Å². The molecule has 3 unspecified atom stereocenters. The van der Waals surface area contributed by atoms with Crippen LogP contribution in [0.2, 0.25) is 0 Å². The molecule has 0 radical (unpaired) electrons. The fourth-order valence-corrected chi connectivity index (χ4v) is 1.77. The molecule has 3 heteroatoms. The monoisotopic (exact) mass is 186 g/mol. The highest BCUT2D eigenvalue weighted by Crippen LogP contribution is 2.14. The molecule has 3 nitrogen and oxygen atoms in total. The predicted octanol–water partition coefficient (Wildman–Crippen LogP) is 0.297. The van der Waals surface area contributed by atoms with Crippen LogP contribution >= 0.6 is 0 Å². The second-order valence-corrected chi connectivity index (χ2v) is 4.42. The second kappa shape index (κ2) is 4.94. The maximum absolute atomic E-state index is 8.86. The minimum atomic E-state index is 0.283. The van der Waals surface area contributed by atoms with Crippen LogP contribution in [-0.2, 0) is 0 Å². The molecule has 1 saturated heterocycles. The van der Waals surface area contributed by atoms with E-state index >= 15 is 0 Å². The Hall–Kier alpha value is -0.120. The highest BCUT2D eigenvalue weighted by Gasteiger charge is 2.25. The van der Waals surface area contributed by atoms with Crippen LogP contribution in [0.5, 0.6) is 0 Å². The molecule has 0 bridgehead atoms. The predicted molar refractivity (Wildman–Crippen MR) is 54.7 cm³/mol. The Morgan fingerprint density at radius 1 is 1.62 bits per heavy atom. The van der Waals surface area contributed by atoms with Crippen molar-refractivity contribution >= 4 is 0 Å². The molecule has 13 heavy (non-hydrogen) atoms. The molecule has 0 saturated carbocycles. The summed E-state index contributed by atoms with van der Waals surface area (Å²) in [6.07, 6.45) is 1.23. The molecular formula is C10H22N2O. The SMILES string of the molecule is CC(CO)CNC1CC(C)N(C)C1. The lowest BCUT2D eigenvalue weighted by Gasteiger charge is -2.15. The van der Waals surface area contributed by atoms with Crippen LogP contribution in [0.1, 0.15) is 20.3 Å². The molecular weight excluding hydrogens is 164 g/mol. The van der Waals surface area contributed by atoms with Crippen molar-refractivity contribution in [3.63, 3.8) is 0 Å². The second-order valence-electron chi connectivity index (χ2n) is 4.42. The number of likely N-dealkylation sites (N-methyl/N-ethyl adjacent to an activating group) is 1. The summed E-state index contributed by atoms with van der Waals surface area (Å²) >= 11 is 0. The first-order valence-electron chi connectivity index (χ1n) is 5.18. The first kappa shape index (κ1) is 11.0. The lowest BCUT2D eigenvalue weighted by atomic mass is 10.1. The van der Waals surface area contributed by atoms with Crippen molar-refractivity contribution in [1.82, 2.24) is 10.2 Å². The third-order valence-electron chi connectivity index (χ3n) is 2.95. The molecule has 1 aliphatic rings. The van der Waals surface area contributed by atoms with Gasteiger partial charge in [-0.05, 0) is 26.3 Å². The largest absolute Gasteiger partial charge is 0.396 e. The van der Waals surface area contributed by atoms with Crippen molar-refractivity contribution in [3.05, 3.63) is 0 Å². The van der Waals surface area contributed by atoms with Crippen molar-refractivity contribution in [1.29, 1.82) is 0 Å². The van der Waals surface area contributed by atoms with Crippen LogP contribution in [0.4, 0.5) is 0 Å². The number of likely N-dealkylation sites (tertiary alicyclic amines) is 1. The Kier molecular flexibility index (Phi) is 4.16. The Labute approximate surface area is 81.1 Å². The number of aliphatic hydroxyl groups is 1. The summed E-state index contributed by atoms with van der Waals surface area (Å²) in [5.41, 5.74) is 0. The van der Waals surface area contributed by atoms with Gasteiger partial charge in [-0.2, -0.15) is 0 Å². The minimum Gasteiger partial charge on any atom is -0.396 e. The summed E-state index contributed by atoms with van der Waals surface area (Å²) in [6.45, 7) is 6.68. The maximum atomic E-state index is 8.86. The van der Waals surface area contributed by atoms with E-state index < -0.39 is 0 Å². The maximum Gasteiger partial charge on any atom is 0.0468 e. The van der Waals surface area contributed by atoms with E-state index in [1.54, 1.807) is 0 Å². The summed E-state index contributed by atoms with van der Waals surface area (Å²) in [5.74, 6) is 0.376. The molecule has 1 fully saturated rings. The lowest BCUT2D eigenvalue weighted by molar-refractivity contribution is 0.230. The number of nitrogens with one attached hydrogen (secondary N) is 1. The van der Waals surface area contributed by atoms with Gasteiger partial charge in [-0.3, -0.25) is 0 Å². The zero-order valence-corrected chi connectivity index (χ0v) is 8.95. The molecule has 0 aromatic rings. The number of hydrogen-bond acceptors (Lipinski definition) is 3. The highest BCUT2D eigenvalue weighted by molar-refractivity contribution is 4.85. The minimum absolute atomic E-state index is 0.283. The topological polar surface area (TPSA) is 35.5 Å². The Balaban J connectivity index is 2.17. The molecule has 3 atom stereocenters. The van der Waals surface area contributed by atoms with Gasteiger partial charge < -0.3 is 15.3 Å². The third-order valence-corrected chi connectivity index (χ3v) is 2.95. The first-order valence-corrected chi connectivity index (χ1v) is 5.18. The molecule has 1 rings (SSSR count). The average Bonchev–Trinajstić information content (AvgIpc) is 2.42.